The van der Waals surface area contributed by atoms with Gasteiger partial charge in [-0.1, -0.05) is 31.2 Å². The van der Waals surface area contributed by atoms with Crippen molar-refractivity contribution in [3.05, 3.63) is 53.6 Å². The van der Waals surface area contributed by atoms with E-state index < -0.39 is 0 Å². The molecule has 0 radical (unpaired) electrons. The molecule has 1 atom stereocenters. The number of phenolic OH excluding ortho intramolecular Hbond substituents is 2. The average Bonchev–Trinajstić information content (AvgIpc) is 2.43. The van der Waals surface area contributed by atoms with Gasteiger partial charge in [-0.2, -0.15) is 0 Å². The van der Waals surface area contributed by atoms with E-state index in [4.69, 9.17) is 4.74 Å². The zero-order chi connectivity index (χ0) is 13.8. The minimum Gasteiger partial charge on any atom is -0.508 e. The Hall–Kier alpha value is -2.16. The molecule has 2 aromatic rings. The van der Waals surface area contributed by atoms with Crippen LogP contribution in [-0.4, -0.2) is 17.3 Å². The fourth-order valence-corrected chi connectivity index (χ4v) is 2.33. The van der Waals surface area contributed by atoms with E-state index in [-0.39, 0.29) is 11.7 Å². The van der Waals surface area contributed by atoms with E-state index in [0.29, 0.717) is 11.5 Å². The van der Waals surface area contributed by atoms with Gasteiger partial charge in [0, 0.05) is 11.5 Å². The van der Waals surface area contributed by atoms with Crippen LogP contribution in [0.2, 0.25) is 0 Å². The van der Waals surface area contributed by atoms with E-state index >= 15 is 0 Å². The molecule has 0 fully saturated rings. The van der Waals surface area contributed by atoms with Gasteiger partial charge in [-0.25, -0.2) is 0 Å². The third-order valence-corrected chi connectivity index (χ3v) is 3.33. The van der Waals surface area contributed by atoms with Crippen molar-refractivity contribution < 1.29 is 14.9 Å². The molecular weight excluding hydrogens is 240 g/mol. The van der Waals surface area contributed by atoms with Crippen LogP contribution in [0.4, 0.5) is 0 Å². The first-order valence-corrected chi connectivity index (χ1v) is 6.32. The van der Waals surface area contributed by atoms with E-state index in [9.17, 15) is 10.2 Å². The van der Waals surface area contributed by atoms with Gasteiger partial charge >= 0.3 is 0 Å². The number of phenols is 2. The van der Waals surface area contributed by atoms with Gasteiger partial charge in [0.05, 0.1) is 7.11 Å². The first-order chi connectivity index (χ1) is 9.17. The molecule has 0 aromatic heterocycles. The van der Waals surface area contributed by atoms with Gasteiger partial charge < -0.3 is 14.9 Å². The molecule has 0 saturated heterocycles. The topological polar surface area (TPSA) is 49.7 Å². The van der Waals surface area contributed by atoms with E-state index in [1.807, 2.05) is 30.3 Å². The predicted octanol–water partition coefficient (Wildman–Crippen LogP) is 3.65. The number of para-hydroxylation sites is 1. The van der Waals surface area contributed by atoms with Crippen LogP contribution in [0.25, 0.3) is 0 Å². The van der Waals surface area contributed by atoms with Crippen molar-refractivity contribution in [2.75, 3.05) is 7.11 Å². The highest BCUT2D eigenvalue weighted by Crippen LogP contribution is 2.37. The summed E-state index contributed by atoms with van der Waals surface area (Å²) in [5.74, 6) is 0.946. The van der Waals surface area contributed by atoms with Crippen molar-refractivity contribution in [2.45, 2.75) is 19.3 Å². The molecule has 0 saturated carbocycles. The summed E-state index contributed by atoms with van der Waals surface area (Å²) in [6, 6.07) is 12.6. The highest BCUT2D eigenvalue weighted by atomic mass is 16.5. The van der Waals surface area contributed by atoms with Crippen LogP contribution >= 0.6 is 0 Å². The molecule has 0 amide bonds. The normalized spacial score (nSPS) is 12.1. The summed E-state index contributed by atoms with van der Waals surface area (Å²) in [7, 11) is 1.53. The lowest BCUT2D eigenvalue weighted by Gasteiger charge is -2.18. The van der Waals surface area contributed by atoms with Gasteiger partial charge in [0.1, 0.15) is 5.75 Å². The van der Waals surface area contributed by atoms with Crippen molar-refractivity contribution in [3.63, 3.8) is 0 Å². The van der Waals surface area contributed by atoms with Crippen molar-refractivity contribution in [1.82, 2.24) is 0 Å². The molecule has 0 aliphatic rings. The minimum atomic E-state index is 0.0794. The Morgan fingerprint density at radius 2 is 1.79 bits per heavy atom. The van der Waals surface area contributed by atoms with Crippen molar-refractivity contribution in [2.24, 2.45) is 0 Å². The van der Waals surface area contributed by atoms with Gasteiger partial charge in [-0.3, -0.25) is 0 Å². The standard InChI is InChI=1S/C16H18O3/c1-3-12(13-6-4-5-7-14(13)17)11-8-9-15(18)16(10-11)19-2/h4-10,12,17-18H,3H2,1-2H3. The first-order valence-electron chi connectivity index (χ1n) is 6.32. The predicted molar refractivity (Wildman–Crippen MR) is 74.9 cm³/mol. The average molecular weight is 258 g/mol. The number of aromatic hydroxyl groups is 2. The van der Waals surface area contributed by atoms with Gasteiger partial charge in [0.15, 0.2) is 11.5 Å². The molecule has 0 bridgehead atoms. The fourth-order valence-electron chi connectivity index (χ4n) is 2.33. The maximum atomic E-state index is 9.97. The van der Waals surface area contributed by atoms with E-state index in [2.05, 4.69) is 6.92 Å². The Morgan fingerprint density at radius 1 is 1.05 bits per heavy atom. The zero-order valence-corrected chi connectivity index (χ0v) is 11.1. The maximum Gasteiger partial charge on any atom is 0.160 e. The highest BCUT2D eigenvalue weighted by molar-refractivity contribution is 5.47. The minimum absolute atomic E-state index is 0.0794. The monoisotopic (exact) mass is 258 g/mol. The Kier molecular flexibility index (Phi) is 3.95. The second-order valence-electron chi connectivity index (χ2n) is 4.45. The molecule has 2 aromatic carbocycles. The Labute approximate surface area is 113 Å². The van der Waals surface area contributed by atoms with Crippen molar-refractivity contribution in [3.8, 4) is 17.2 Å². The second-order valence-corrected chi connectivity index (χ2v) is 4.45. The molecule has 2 N–H and O–H groups in total. The van der Waals surface area contributed by atoms with Crippen LogP contribution in [0, 0.1) is 0 Å². The summed E-state index contributed by atoms with van der Waals surface area (Å²) in [6.07, 6.45) is 0.853. The number of ether oxygens (including phenoxy) is 1. The molecule has 0 aliphatic heterocycles. The Bertz CT molecular complexity index is 564. The molecule has 0 spiro atoms. The zero-order valence-electron chi connectivity index (χ0n) is 11.1. The third-order valence-electron chi connectivity index (χ3n) is 3.33. The summed E-state index contributed by atoms with van der Waals surface area (Å²) in [4.78, 5) is 0. The van der Waals surface area contributed by atoms with E-state index in [0.717, 1.165) is 17.5 Å². The smallest absolute Gasteiger partial charge is 0.160 e. The number of benzene rings is 2. The molecule has 3 heteroatoms. The summed E-state index contributed by atoms with van der Waals surface area (Å²) in [6.45, 7) is 2.07. The third kappa shape index (κ3) is 2.65. The van der Waals surface area contributed by atoms with Crippen molar-refractivity contribution >= 4 is 0 Å². The van der Waals surface area contributed by atoms with Gasteiger partial charge in [-0.05, 0) is 30.2 Å². The maximum absolute atomic E-state index is 9.97. The molecule has 0 heterocycles. The van der Waals surface area contributed by atoms with Crippen LogP contribution in [0.3, 0.4) is 0 Å². The van der Waals surface area contributed by atoms with Crippen LogP contribution in [0.15, 0.2) is 42.5 Å². The van der Waals surface area contributed by atoms with Gasteiger partial charge in [-0.15, -0.1) is 0 Å². The molecule has 1 unspecified atom stereocenters. The van der Waals surface area contributed by atoms with Crippen LogP contribution in [0.1, 0.15) is 30.4 Å². The molecule has 0 aliphatic carbocycles. The van der Waals surface area contributed by atoms with Gasteiger partial charge in [0.2, 0.25) is 0 Å². The fraction of sp³-hybridized carbons (Fsp3) is 0.250. The van der Waals surface area contributed by atoms with Crippen LogP contribution < -0.4 is 4.74 Å². The van der Waals surface area contributed by atoms with Crippen LogP contribution in [-0.2, 0) is 0 Å². The Balaban J connectivity index is 2.45. The van der Waals surface area contributed by atoms with Crippen molar-refractivity contribution in [1.29, 1.82) is 0 Å². The largest absolute Gasteiger partial charge is 0.508 e. The lowest BCUT2D eigenvalue weighted by molar-refractivity contribution is 0.372. The molecule has 3 nitrogen and oxygen atoms in total. The number of hydrogen-bond acceptors (Lipinski definition) is 3. The molecule has 100 valence electrons. The van der Waals surface area contributed by atoms with Gasteiger partial charge in [0.25, 0.3) is 0 Å². The lowest BCUT2D eigenvalue weighted by Crippen LogP contribution is -2.00. The summed E-state index contributed by atoms with van der Waals surface area (Å²) >= 11 is 0. The summed E-state index contributed by atoms with van der Waals surface area (Å²) in [5.41, 5.74) is 1.90. The SMILES string of the molecule is CCC(c1ccc(O)c(OC)c1)c1ccccc1O. The first kappa shape index (κ1) is 13.3. The van der Waals surface area contributed by atoms with E-state index in [1.54, 1.807) is 12.1 Å². The number of rotatable bonds is 4. The lowest BCUT2D eigenvalue weighted by atomic mass is 9.88. The highest BCUT2D eigenvalue weighted by Gasteiger charge is 2.17. The second kappa shape index (κ2) is 5.65. The number of hydrogen-bond donors (Lipinski definition) is 2. The Morgan fingerprint density at radius 3 is 2.42 bits per heavy atom. The quantitative estimate of drug-likeness (QED) is 0.880. The van der Waals surface area contributed by atoms with E-state index in [1.165, 1.54) is 7.11 Å². The van der Waals surface area contributed by atoms with Crippen LogP contribution in [0.5, 0.6) is 17.2 Å². The number of methoxy groups -OCH3 is 1. The summed E-state index contributed by atoms with van der Waals surface area (Å²) in [5, 5.41) is 19.6. The molecular formula is C16H18O3. The molecule has 19 heavy (non-hydrogen) atoms. The summed E-state index contributed by atoms with van der Waals surface area (Å²) < 4.78 is 5.13. The molecule has 2 rings (SSSR count).